The van der Waals surface area contributed by atoms with Crippen molar-refractivity contribution in [2.24, 2.45) is 0 Å². The molecule has 3 rings (SSSR count). The summed E-state index contributed by atoms with van der Waals surface area (Å²) >= 11 is 11.9. The molecule has 1 N–H and O–H groups in total. The van der Waals surface area contributed by atoms with E-state index < -0.39 is 6.10 Å². The molecule has 0 saturated carbocycles. The van der Waals surface area contributed by atoms with Gasteiger partial charge in [0, 0.05) is 24.5 Å². The Morgan fingerprint density at radius 2 is 2.20 bits per heavy atom. The van der Waals surface area contributed by atoms with E-state index in [9.17, 15) is 9.90 Å². The van der Waals surface area contributed by atoms with Crippen LogP contribution in [0, 0.1) is 0 Å². The summed E-state index contributed by atoms with van der Waals surface area (Å²) in [5, 5.41) is 11.5. The van der Waals surface area contributed by atoms with Crippen LogP contribution in [-0.4, -0.2) is 40.6 Å². The zero-order chi connectivity index (χ0) is 18.0. The second-order valence-corrected chi connectivity index (χ2v) is 6.75. The van der Waals surface area contributed by atoms with Crippen LogP contribution in [0.25, 0.3) is 0 Å². The van der Waals surface area contributed by atoms with Gasteiger partial charge in [0.25, 0.3) is 0 Å². The Hall–Kier alpha value is -1.82. The number of aromatic nitrogens is 1. The Kier molecular flexibility index (Phi) is 5.47. The minimum absolute atomic E-state index is 0.0588. The third-order valence-corrected chi connectivity index (χ3v) is 5.18. The van der Waals surface area contributed by atoms with Crippen molar-refractivity contribution >= 4 is 29.1 Å². The Balaban J connectivity index is 1.71. The van der Waals surface area contributed by atoms with E-state index in [2.05, 4.69) is 4.98 Å². The fourth-order valence-corrected chi connectivity index (χ4v) is 3.30. The second-order valence-electron chi connectivity index (χ2n) is 5.93. The predicted octanol–water partition coefficient (Wildman–Crippen LogP) is 3.27. The van der Waals surface area contributed by atoms with Gasteiger partial charge in [-0.25, -0.2) is 0 Å². The number of carbonyl (C=O) groups excluding carboxylic acids is 1. The van der Waals surface area contributed by atoms with Crippen molar-refractivity contribution in [3.05, 3.63) is 57.8 Å². The number of ether oxygens (including phenoxy) is 1. The number of aliphatic hydroxyl groups excluding tert-OH is 1. The maximum absolute atomic E-state index is 12.6. The van der Waals surface area contributed by atoms with Gasteiger partial charge in [-0.3, -0.25) is 9.78 Å². The molecule has 1 aromatic carbocycles. The summed E-state index contributed by atoms with van der Waals surface area (Å²) in [6.45, 7) is 0.616. The summed E-state index contributed by atoms with van der Waals surface area (Å²) in [5.41, 5.74) is 1.38. The highest BCUT2D eigenvalue weighted by Crippen LogP contribution is 2.34. The van der Waals surface area contributed by atoms with E-state index >= 15 is 0 Å². The number of benzene rings is 1. The first kappa shape index (κ1) is 18.0. The number of methoxy groups -OCH3 is 1. The maximum atomic E-state index is 12.6. The second kappa shape index (κ2) is 7.60. The highest BCUT2D eigenvalue weighted by atomic mass is 35.5. The minimum Gasteiger partial charge on any atom is -0.496 e. The third-order valence-electron chi connectivity index (χ3n) is 4.44. The van der Waals surface area contributed by atoms with Gasteiger partial charge in [-0.15, -0.1) is 0 Å². The van der Waals surface area contributed by atoms with Gasteiger partial charge >= 0.3 is 0 Å². The lowest BCUT2D eigenvalue weighted by molar-refractivity contribution is -0.143. The molecular formula is C18H18Cl2N2O3. The minimum atomic E-state index is -0.838. The van der Waals surface area contributed by atoms with Gasteiger partial charge in [0.05, 0.1) is 29.6 Å². The molecule has 1 saturated heterocycles. The molecular weight excluding hydrogens is 363 g/mol. The first-order valence-electron chi connectivity index (χ1n) is 7.90. The zero-order valence-corrected chi connectivity index (χ0v) is 15.2. The molecule has 5 nitrogen and oxygen atoms in total. The lowest BCUT2D eigenvalue weighted by Crippen LogP contribution is -2.54. The molecule has 2 atom stereocenters. The molecule has 1 amide bonds. The number of pyridine rings is 1. The van der Waals surface area contributed by atoms with Crippen molar-refractivity contribution in [3.63, 3.8) is 0 Å². The fourth-order valence-electron chi connectivity index (χ4n) is 2.98. The first-order chi connectivity index (χ1) is 12.0. The van der Waals surface area contributed by atoms with E-state index in [1.807, 2.05) is 0 Å². The summed E-state index contributed by atoms with van der Waals surface area (Å²) in [6.07, 6.45) is 3.28. The Bertz CT molecular complexity index is 785. The summed E-state index contributed by atoms with van der Waals surface area (Å²) < 4.78 is 5.27. The number of likely N-dealkylation sites (tertiary alicyclic amines) is 1. The summed E-state index contributed by atoms with van der Waals surface area (Å²) in [4.78, 5) is 18.3. The molecule has 25 heavy (non-hydrogen) atoms. The van der Waals surface area contributed by atoms with E-state index in [4.69, 9.17) is 27.9 Å². The van der Waals surface area contributed by atoms with Gasteiger partial charge in [0.2, 0.25) is 5.91 Å². The van der Waals surface area contributed by atoms with Crippen molar-refractivity contribution in [2.75, 3.05) is 13.7 Å². The maximum Gasteiger partial charge on any atom is 0.227 e. The average Bonchev–Trinajstić information content (AvgIpc) is 2.57. The monoisotopic (exact) mass is 380 g/mol. The molecule has 1 unspecified atom stereocenters. The van der Waals surface area contributed by atoms with E-state index in [-0.39, 0.29) is 18.4 Å². The smallest absolute Gasteiger partial charge is 0.227 e. The highest BCUT2D eigenvalue weighted by molar-refractivity contribution is 6.42. The van der Waals surface area contributed by atoms with Gasteiger partial charge in [-0.1, -0.05) is 29.3 Å². The van der Waals surface area contributed by atoms with Crippen LogP contribution >= 0.6 is 23.2 Å². The van der Waals surface area contributed by atoms with Gasteiger partial charge in [-0.2, -0.15) is 0 Å². The molecule has 0 radical (unpaired) electrons. The standard InChI is InChI=1S/C18H18Cl2N2O3/c1-25-16-4-6-21-10-12(16)18(24)15-5-7-22(15)17(23)9-11-2-3-13(19)14(20)8-11/h2-4,6,8,10,15,18,24H,5,7,9H2,1H3/t15-,18?/m1/s1. The quantitative estimate of drug-likeness (QED) is 0.864. The number of hydrogen-bond donors (Lipinski definition) is 1. The van der Waals surface area contributed by atoms with E-state index in [0.717, 1.165) is 12.0 Å². The number of aliphatic hydroxyl groups is 1. The van der Waals surface area contributed by atoms with E-state index in [0.29, 0.717) is 27.9 Å². The lowest BCUT2D eigenvalue weighted by atomic mass is 9.91. The average molecular weight is 381 g/mol. The number of amides is 1. The third kappa shape index (κ3) is 3.73. The molecule has 0 spiro atoms. The number of halogens is 2. The van der Waals surface area contributed by atoms with Crippen molar-refractivity contribution in [1.82, 2.24) is 9.88 Å². The molecule has 1 aliphatic rings. The van der Waals surface area contributed by atoms with Gasteiger partial charge in [-0.05, 0) is 30.2 Å². The molecule has 1 fully saturated rings. The molecule has 132 valence electrons. The molecule has 0 bridgehead atoms. The lowest BCUT2D eigenvalue weighted by Gasteiger charge is -2.44. The molecule has 0 aliphatic carbocycles. The van der Waals surface area contributed by atoms with Crippen LogP contribution in [0.3, 0.4) is 0 Å². The summed E-state index contributed by atoms with van der Waals surface area (Å²) in [7, 11) is 1.54. The van der Waals surface area contributed by atoms with Crippen LogP contribution in [0.2, 0.25) is 10.0 Å². The van der Waals surface area contributed by atoms with Gasteiger partial charge in [0.1, 0.15) is 11.9 Å². The number of nitrogens with zero attached hydrogens (tertiary/aromatic N) is 2. The Morgan fingerprint density at radius 1 is 1.40 bits per heavy atom. The number of hydrogen-bond acceptors (Lipinski definition) is 4. The Labute approximate surface area is 156 Å². The predicted molar refractivity (Wildman–Crippen MR) is 96.0 cm³/mol. The van der Waals surface area contributed by atoms with Gasteiger partial charge in [0.15, 0.2) is 0 Å². The molecule has 1 aliphatic heterocycles. The highest BCUT2D eigenvalue weighted by Gasteiger charge is 2.38. The van der Waals surface area contributed by atoms with Crippen LogP contribution < -0.4 is 4.74 Å². The van der Waals surface area contributed by atoms with Crippen molar-refractivity contribution in [2.45, 2.75) is 25.0 Å². The number of carbonyl (C=O) groups is 1. The SMILES string of the molecule is COc1ccncc1C(O)[C@H]1CCN1C(=O)Cc1ccc(Cl)c(Cl)c1. The molecule has 2 heterocycles. The number of rotatable bonds is 5. The summed E-state index contributed by atoms with van der Waals surface area (Å²) in [6, 6.07) is 6.56. The normalized spacial score (nSPS) is 17.8. The van der Waals surface area contributed by atoms with Crippen LogP contribution in [0.5, 0.6) is 5.75 Å². The van der Waals surface area contributed by atoms with Crippen molar-refractivity contribution in [1.29, 1.82) is 0 Å². The van der Waals surface area contributed by atoms with E-state index in [1.54, 1.807) is 48.7 Å². The van der Waals surface area contributed by atoms with Crippen molar-refractivity contribution < 1.29 is 14.6 Å². The molecule has 7 heteroatoms. The van der Waals surface area contributed by atoms with Crippen LogP contribution in [0.4, 0.5) is 0 Å². The topological polar surface area (TPSA) is 62.7 Å². The zero-order valence-electron chi connectivity index (χ0n) is 13.7. The fraction of sp³-hybridized carbons (Fsp3) is 0.333. The van der Waals surface area contributed by atoms with Crippen LogP contribution in [-0.2, 0) is 11.2 Å². The summed E-state index contributed by atoms with van der Waals surface area (Å²) in [5.74, 6) is 0.503. The molecule has 2 aromatic rings. The van der Waals surface area contributed by atoms with Crippen LogP contribution in [0.15, 0.2) is 36.7 Å². The van der Waals surface area contributed by atoms with Crippen LogP contribution in [0.1, 0.15) is 23.7 Å². The largest absolute Gasteiger partial charge is 0.496 e. The first-order valence-corrected chi connectivity index (χ1v) is 8.66. The van der Waals surface area contributed by atoms with E-state index in [1.165, 1.54) is 0 Å². The van der Waals surface area contributed by atoms with Gasteiger partial charge < -0.3 is 14.7 Å². The Morgan fingerprint density at radius 3 is 2.84 bits per heavy atom. The molecule has 1 aromatic heterocycles. The van der Waals surface area contributed by atoms with Crippen molar-refractivity contribution in [3.8, 4) is 5.75 Å².